The molecular formula is C20H28ClN5O. The Morgan fingerprint density at radius 3 is 2.56 bits per heavy atom. The van der Waals surface area contributed by atoms with Gasteiger partial charge in [0.05, 0.1) is 24.0 Å². The van der Waals surface area contributed by atoms with E-state index in [0.29, 0.717) is 5.15 Å². The van der Waals surface area contributed by atoms with Crippen molar-refractivity contribution < 1.29 is 4.79 Å². The lowest BCUT2D eigenvalue weighted by Crippen LogP contribution is -2.26. The standard InChI is InChI=1S/C20H28ClN5O/c1-6-7-8-26-20(21)17(16(5)25-26)11-23-24-18(27)12-22-19-14(3)9-13(2)10-15(19)4/h9-11,22H,6-8,12H2,1-5H3,(H,24,27)/b23-11-. The van der Waals surface area contributed by atoms with E-state index in [1.54, 1.807) is 10.9 Å². The van der Waals surface area contributed by atoms with Gasteiger partial charge in [0, 0.05) is 12.2 Å². The molecule has 2 aromatic rings. The molecule has 2 N–H and O–H groups in total. The number of carbonyl (C=O) groups is 1. The normalized spacial score (nSPS) is 11.2. The van der Waals surface area contributed by atoms with Crippen molar-refractivity contribution in [1.82, 2.24) is 15.2 Å². The number of hydrazone groups is 1. The third-order valence-corrected chi connectivity index (χ3v) is 4.72. The van der Waals surface area contributed by atoms with Crippen LogP contribution in [-0.4, -0.2) is 28.4 Å². The second kappa shape index (κ2) is 9.55. The summed E-state index contributed by atoms with van der Waals surface area (Å²) in [5.74, 6) is -0.224. The summed E-state index contributed by atoms with van der Waals surface area (Å²) in [5.41, 5.74) is 8.47. The summed E-state index contributed by atoms with van der Waals surface area (Å²) in [5, 5.41) is 12.2. The molecule has 27 heavy (non-hydrogen) atoms. The van der Waals surface area contributed by atoms with Gasteiger partial charge in [-0.3, -0.25) is 9.48 Å². The van der Waals surface area contributed by atoms with Crippen molar-refractivity contribution >= 4 is 29.4 Å². The first kappa shape index (κ1) is 21.0. The van der Waals surface area contributed by atoms with E-state index in [-0.39, 0.29) is 12.5 Å². The molecule has 2 rings (SSSR count). The molecule has 1 aromatic heterocycles. The number of rotatable bonds is 8. The van der Waals surface area contributed by atoms with Gasteiger partial charge in [0.1, 0.15) is 5.15 Å². The fourth-order valence-electron chi connectivity index (χ4n) is 3.01. The number of nitrogens with zero attached hydrogens (tertiary/aromatic N) is 3. The summed E-state index contributed by atoms with van der Waals surface area (Å²) in [6.07, 6.45) is 3.63. The largest absolute Gasteiger partial charge is 0.376 e. The highest BCUT2D eigenvalue weighted by Crippen LogP contribution is 2.21. The van der Waals surface area contributed by atoms with Crippen LogP contribution in [0.2, 0.25) is 5.15 Å². The fourth-order valence-corrected chi connectivity index (χ4v) is 3.31. The number of hydrogen-bond donors (Lipinski definition) is 2. The number of halogens is 1. The minimum absolute atomic E-state index is 0.143. The van der Waals surface area contributed by atoms with Crippen LogP contribution in [0.25, 0.3) is 0 Å². The van der Waals surface area contributed by atoms with E-state index >= 15 is 0 Å². The Bertz CT molecular complexity index is 818. The molecule has 0 spiro atoms. The molecule has 1 amide bonds. The van der Waals surface area contributed by atoms with Crippen LogP contribution in [0.1, 0.15) is 47.7 Å². The molecule has 0 atom stereocenters. The SMILES string of the molecule is CCCCn1nc(C)c(/C=N\NC(=O)CNc2c(C)cc(C)cc2C)c1Cl. The van der Waals surface area contributed by atoms with Gasteiger partial charge in [-0.05, 0) is 45.2 Å². The van der Waals surface area contributed by atoms with Gasteiger partial charge in [0.25, 0.3) is 5.91 Å². The molecule has 0 aliphatic carbocycles. The van der Waals surface area contributed by atoms with Gasteiger partial charge in [-0.15, -0.1) is 0 Å². The molecule has 7 heteroatoms. The van der Waals surface area contributed by atoms with E-state index in [1.165, 1.54) is 5.56 Å². The number of benzene rings is 1. The summed E-state index contributed by atoms with van der Waals surface area (Å²) in [6, 6.07) is 4.18. The smallest absolute Gasteiger partial charge is 0.259 e. The molecule has 0 saturated carbocycles. The van der Waals surface area contributed by atoms with Crippen molar-refractivity contribution in [2.45, 2.75) is 54.0 Å². The van der Waals surface area contributed by atoms with Crippen LogP contribution in [0.15, 0.2) is 17.2 Å². The van der Waals surface area contributed by atoms with Crippen molar-refractivity contribution in [3.05, 3.63) is 45.2 Å². The number of aryl methyl sites for hydroxylation is 5. The highest BCUT2D eigenvalue weighted by Gasteiger charge is 2.11. The summed E-state index contributed by atoms with van der Waals surface area (Å²) in [4.78, 5) is 12.1. The molecule has 0 aliphatic heterocycles. The molecule has 1 aromatic carbocycles. The Labute approximate surface area is 166 Å². The lowest BCUT2D eigenvalue weighted by atomic mass is 10.1. The molecule has 0 saturated heterocycles. The average molecular weight is 390 g/mol. The predicted molar refractivity (Wildman–Crippen MR) is 112 cm³/mol. The van der Waals surface area contributed by atoms with Gasteiger partial charge >= 0.3 is 0 Å². The Morgan fingerprint density at radius 1 is 1.26 bits per heavy atom. The maximum Gasteiger partial charge on any atom is 0.259 e. The molecule has 6 nitrogen and oxygen atoms in total. The third-order valence-electron chi connectivity index (χ3n) is 4.32. The molecule has 0 unspecified atom stereocenters. The van der Waals surface area contributed by atoms with E-state index in [1.807, 2.05) is 20.8 Å². The van der Waals surface area contributed by atoms with Gasteiger partial charge < -0.3 is 5.32 Å². The Balaban J connectivity index is 1.93. The number of anilines is 1. The number of unbranched alkanes of at least 4 members (excludes halogenated alkanes) is 1. The van der Waals surface area contributed by atoms with E-state index in [0.717, 1.165) is 47.5 Å². The van der Waals surface area contributed by atoms with Crippen molar-refractivity contribution in [2.75, 3.05) is 11.9 Å². The minimum Gasteiger partial charge on any atom is -0.376 e. The van der Waals surface area contributed by atoms with Crippen LogP contribution in [0, 0.1) is 27.7 Å². The number of carbonyl (C=O) groups excluding carboxylic acids is 1. The number of aromatic nitrogens is 2. The first-order valence-corrected chi connectivity index (χ1v) is 9.57. The molecule has 0 aliphatic rings. The lowest BCUT2D eigenvalue weighted by molar-refractivity contribution is -0.119. The Morgan fingerprint density at radius 2 is 1.93 bits per heavy atom. The maximum absolute atomic E-state index is 12.1. The van der Waals surface area contributed by atoms with Crippen LogP contribution in [0.4, 0.5) is 5.69 Å². The molecule has 0 bridgehead atoms. The molecule has 1 heterocycles. The third kappa shape index (κ3) is 5.57. The zero-order valence-corrected chi connectivity index (χ0v) is 17.4. The minimum atomic E-state index is -0.224. The topological polar surface area (TPSA) is 71.3 Å². The summed E-state index contributed by atoms with van der Waals surface area (Å²) >= 11 is 6.35. The Hall–Kier alpha value is -2.34. The summed E-state index contributed by atoms with van der Waals surface area (Å²) < 4.78 is 1.77. The lowest BCUT2D eigenvalue weighted by Gasteiger charge is -2.13. The molecular weight excluding hydrogens is 362 g/mol. The van der Waals surface area contributed by atoms with Crippen LogP contribution in [-0.2, 0) is 11.3 Å². The van der Waals surface area contributed by atoms with Crippen LogP contribution in [0.5, 0.6) is 0 Å². The number of nitrogens with one attached hydrogen (secondary N) is 2. The average Bonchev–Trinajstić information content (AvgIpc) is 2.86. The molecule has 0 radical (unpaired) electrons. The van der Waals surface area contributed by atoms with Gasteiger partial charge in [0.2, 0.25) is 0 Å². The van der Waals surface area contributed by atoms with E-state index in [2.05, 4.69) is 46.9 Å². The predicted octanol–water partition coefficient (Wildman–Crippen LogP) is 4.13. The van der Waals surface area contributed by atoms with Gasteiger partial charge in [-0.25, -0.2) is 5.43 Å². The molecule has 0 fully saturated rings. The monoisotopic (exact) mass is 389 g/mol. The highest BCUT2D eigenvalue weighted by molar-refractivity contribution is 6.32. The maximum atomic E-state index is 12.1. The van der Waals surface area contributed by atoms with Gasteiger partial charge in [0.15, 0.2) is 0 Å². The van der Waals surface area contributed by atoms with Crippen molar-refractivity contribution in [1.29, 1.82) is 0 Å². The van der Waals surface area contributed by atoms with Gasteiger partial charge in [-0.2, -0.15) is 10.2 Å². The summed E-state index contributed by atoms with van der Waals surface area (Å²) in [6.45, 7) is 11.0. The van der Waals surface area contributed by atoms with E-state index in [9.17, 15) is 4.79 Å². The first-order valence-electron chi connectivity index (χ1n) is 9.20. The Kier molecular flexibility index (Phi) is 7.42. The fraction of sp³-hybridized carbons (Fsp3) is 0.450. The van der Waals surface area contributed by atoms with Crippen LogP contribution in [0.3, 0.4) is 0 Å². The van der Waals surface area contributed by atoms with Crippen LogP contribution >= 0.6 is 11.6 Å². The number of hydrogen-bond acceptors (Lipinski definition) is 4. The van der Waals surface area contributed by atoms with Crippen molar-refractivity contribution in [2.24, 2.45) is 5.10 Å². The first-order chi connectivity index (χ1) is 12.8. The van der Waals surface area contributed by atoms with E-state index in [4.69, 9.17) is 11.6 Å². The second-order valence-corrected chi connectivity index (χ2v) is 7.15. The van der Waals surface area contributed by atoms with Gasteiger partial charge in [-0.1, -0.05) is 42.6 Å². The zero-order chi connectivity index (χ0) is 20.0. The van der Waals surface area contributed by atoms with Crippen LogP contribution < -0.4 is 10.7 Å². The zero-order valence-electron chi connectivity index (χ0n) is 16.7. The number of amides is 1. The molecule has 146 valence electrons. The highest BCUT2D eigenvalue weighted by atomic mass is 35.5. The van der Waals surface area contributed by atoms with Crippen molar-refractivity contribution in [3.8, 4) is 0 Å². The second-order valence-electron chi connectivity index (χ2n) is 6.79. The summed E-state index contributed by atoms with van der Waals surface area (Å²) in [7, 11) is 0. The van der Waals surface area contributed by atoms with E-state index < -0.39 is 0 Å². The van der Waals surface area contributed by atoms with Crippen molar-refractivity contribution in [3.63, 3.8) is 0 Å². The quantitative estimate of drug-likeness (QED) is 0.526.